The van der Waals surface area contributed by atoms with Crippen molar-refractivity contribution in [2.45, 2.75) is 37.6 Å². The minimum atomic E-state index is -4.55. The molecule has 1 atom stereocenters. The zero-order chi connectivity index (χ0) is 22.9. The van der Waals surface area contributed by atoms with Gasteiger partial charge in [-0.1, -0.05) is 0 Å². The SMILES string of the molecule is CNC(=O)c1csc2c(C(F)(F)F)cc(N3CCC(OC4CCN(CCF)C4)CC3)nc12. The molecule has 2 aromatic rings. The number of rotatable bonds is 6. The maximum absolute atomic E-state index is 13.7. The molecule has 1 N–H and O–H groups in total. The topological polar surface area (TPSA) is 57.7 Å². The van der Waals surface area contributed by atoms with E-state index in [1.807, 2.05) is 9.80 Å². The van der Waals surface area contributed by atoms with Crippen LogP contribution in [0.15, 0.2) is 11.4 Å². The van der Waals surface area contributed by atoms with Crippen LogP contribution >= 0.6 is 11.3 Å². The summed E-state index contributed by atoms with van der Waals surface area (Å²) >= 11 is 0.879. The third kappa shape index (κ3) is 4.84. The van der Waals surface area contributed by atoms with Gasteiger partial charge in [0.05, 0.1) is 33.6 Å². The van der Waals surface area contributed by atoms with Gasteiger partial charge >= 0.3 is 6.18 Å². The Morgan fingerprint density at radius 2 is 1.97 bits per heavy atom. The summed E-state index contributed by atoms with van der Waals surface area (Å²) in [5, 5.41) is 3.88. The van der Waals surface area contributed by atoms with Gasteiger partial charge in [-0.3, -0.25) is 9.69 Å². The number of thiophene rings is 1. The first kappa shape index (κ1) is 23.2. The molecule has 2 aliphatic rings. The molecule has 1 amide bonds. The number of pyridine rings is 1. The summed E-state index contributed by atoms with van der Waals surface area (Å²) in [7, 11) is 1.44. The summed E-state index contributed by atoms with van der Waals surface area (Å²) in [6, 6.07) is 1.08. The minimum absolute atomic E-state index is 0.0231. The normalized spacial score (nSPS) is 20.9. The highest BCUT2D eigenvalue weighted by atomic mass is 32.1. The standard InChI is InChI=1S/C21H26F4N4O2S/c1-26-20(30)15-12-32-19-16(21(23,24)25)10-17(27-18(15)19)29-7-3-13(4-8-29)31-14-2-6-28(11-14)9-5-22/h10,12-14H,2-9,11H2,1H3,(H,26,30). The highest BCUT2D eigenvalue weighted by Crippen LogP contribution is 2.40. The minimum Gasteiger partial charge on any atom is -0.373 e. The van der Waals surface area contributed by atoms with E-state index in [1.165, 1.54) is 12.4 Å². The Morgan fingerprint density at radius 3 is 2.62 bits per heavy atom. The number of likely N-dealkylation sites (tertiary alicyclic amines) is 1. The number of fused-ring (bicyclic) bond motifs is 1. The number of nitrogens with zero attached hydrogens (tertiary/aromatic N) is 3. The predicted octanol–water partition coefficient (Wildman–Crippen LogP) is 3.70. The molecule has 0 aliphatic carbocycles. The third-order valence-corrected chi connectivity index (χ3v) is 7.07. The molecule has 11 heteroatoms. The number of hydrogen-bond donors (Lipinski definition) is 1. The molecule has 0 bridgehead atoms. The molecule has 176 valence electrons. The molecule has 2 fully saturated rings. The molecular formula is C21H26F4N4O2S. The Morgan fingerprint density at radius 1 is 1.25 bits per heavy atom. The first-order valence-corrected chi connectivity index (χ1v) is 11.6. The van der Waals surface area contributed by atoms with Crippen molar-refractivity contribution in [2.24, 2.45) is 0 Å². The number of alkyl halides is 4. The zero-order valence-electron chi connectivity index (χ0n) is 17.8. The van der Waals surface area contributed by atoms with Gasteiger partial charge in [-0.25, -0.2) is 9.37 Å². The van der Waals surface area contributed by atoms with Crippen LogP contribution in [0.1, 0.15) is 35.2 Å². The van der Waals surface area contributed by atoms with E-state index in [2.05, 4.69) is 10.3 Å². The van der Waals surface area contributed by atoms with Gasteiger partial charge in [0.15, 0.2) is 0 Å². The van der Waals surface area contributed by atoms with Crippen molar-refractivity contribution in [3.63, 3.8) is 0 Å². The second-order valence-corrected chi connectivity index (χ2v) is 9.03. The van der Waals surface area contributed by atoms with Crippen LogP contribution in [0.2, 0.25) is 0 Å². The average molecular weight is 475 g/mol. The number of nitrogens with one attached hydrogen (secondary N) is 1. The Kier molecular flexibility index (Phi) is 6.87. The van der Waals surface area contributed by atoms with Crippen LogP contribution in [0.4, 0.5) is 23.4 Å². The van der Waals surface area contributed by atoms with Crippen LogP contribution in [0.25, 0.3) is 10.2 Å². The second-order valence-electron chi connectivity index (χ2n) is 8.15. The molecule has 1 unspecified atom stereocenters. The molecule has 4 heterocycles. The molecule has 4 rings (SSSR count). The Bertz CT molecular complexity index is 959. The maximum Gasteiger partial charge on any atom is 0.417 e. The van der Waals surface area contributed by atoms with E-state index in [1.54, 1.807) is 0 Å². The number of carbonyl (C=O) groups is 1. The number of halogens is 4. The lowest BCUT2D eigenvalue weighted by Crippen LogP contribution is -2.39. The van der Waals surface area contributed by atoms with Crippen LogP contribution in [0.3, 0.4) is 0 Å². The molecule has 2 saturated heterocycles. The smallest absolute Gasteiger partial charge is 0.373 e. The fourth-order valence-electron chi connectivity index (χ4n) is 4.39. The fraction of sp³-hybridized carbons (Fsp3) is 0.619. The number of aromatic nitrogens is 1. The summed E-state index contributed by atoms with van der Waals surface area (Å²) in [6.45, 7) is 2.63. The van der Waals surface area contributed by atoms with Gasteiger partial charge in [-0.15, -0.1) is 11.3 Å². The first-order valence-electron chi connectivity index (χ1n) is 10.7. The van der Waals surface area contributed by atoms with Crippen LogP contribution in [-0.2, 0) is 10.9 Å². The largest absolute Gasteiger partial charge is 0.417 e. The highest BCUT2D eigenvalue weighted by Gasteiger charge is 2.36. The number of piperidine rings is 1. The van der Waals surface area contributed by atoms with Crippen molar-refractivity contribution in [2.75, 3.05) is 51.3 Å². The number of carbonyl (C=O) groups excluding carboxylic acids is 1. The van der Waals surface area contributed by atoms with E-state index in [9.17, 15) is 22.4 Å². The molecule has 0 radical (unpaired) electrons. The molecule has 2 aromatic heterocycles. The Balaban J connectivity index is 1.49. The van der Waals surface area contributed by atoms with E-state index >= 15 is 0 Å². The number of anilines is 1. The van der Waals surface area contributed by atoms with Gasteiger partial charge in [-0.2, -0.15) is 13.2 Å². The Labute approximate surface area is 187 Å². The summed E-state index contributed by atoms with van der Waals surface area (Å²) < 4.78 is 59.9. The van der Waals surface area contributed by atoms with Gasteiger partial charge in [0.2, 0.25) is 0 Å². The molecule has 0 spiro atoms. The summed E-state index contributed by atoms with van der Waals surface area (Å²) in [6.07, 6.45) is -2.23. The van der Waals surface area contributed by atoms with Crippen molar-refractivity contribution < 1.29 is 27.1 Å². The molecule has 2 aliphatic heterocycles. The summed E-state index contributed by atoms with van der Waals surface area (Å²) in [5.41, 5.74) is -0.538. The van der Waals surface area contributed by atoms with E-state index in [4.69, 9.17) is 4.74 Å². The van der Waals surface area contributed by atoms with Crippen molar-refractivity contribution in [1.29, 1.82) is 0 Å². The van der Waals surface area contributed by atoms with E-state index in [0.29, 0.717) is 32.5 Å². The first-order chi connectivity index (χ1) is 15.3. The molecule has 32 heavy (non-hydrogen) atoms. The van der Waals surface area contributed by atoms with Crippen LogP contribution < -0.4 is 10.2 Å². The maximum atomic E-state index is 13.7. The van der Waals surface area contributed by atoms with Gasteiger partial charge in [-0.05, 0) is 25.3 Å². The number of amides is 1. The quantitative estimate of drug-likeness (QED) is 0.647. The van der Waals surface area contributed by atoms with Gasteiger partial charge in [0, 0.05) is 45.2 Å². The van der Waals surface area contributed by atoms with Gasteiger partial charge in [0.1, 0.15) is 12.5 Å². The third-order valence-electron chi connectivity index (χ3n) is 6.07. The van der Waals surface area contributed by atoms with Crippen molar-refractivity contribution >= 4 is 33.3 Å². The van der Waals surface area contributed by atoms with Gasteiger partial charge in [0.25, 0.3) is 5.91 Å². The number of ether oxygens (including phenoxy) is 1. The summed E-state index contributed by atoms with van der Waals surface area (Å²) in [5.74, 6) is -0.235. The zero-order valence-corrected chi connectivity index (χ0v) is 18.6. The van der Waals surface area contributed by atoms with E-state index in [-0.39, 0.29) is 40.5 Å². The molecular weight excluding hydrogens is 448 g/mol. The van der Waals surface area contributed by atoms with Crippen LogP contribution in [0.5, 0.6) is 0 Å². The van der Waals surface area contributed by atoms with Crippen LogP contribution in [0, 0.1) is 0 Å². The average Bonchev–Trinajstić information content (AvgIpc) is 3.39. The monoisotopic (exact) mass is 474 g/mol. The lowest BCUT2D eigenvalue weighted by Gasteiger charge is -2.34. The number of hydrogen-bond acceptors (Lipinski definition) is 6. The van der Waals surface area contributed by atoms with Crippen molar-refractivity contribution in [3.05, 3.63) is 22.6 Å². The molecule has 6 nitrogen and oxygen atoms in total. The summed E-state index contributed by atoms with van der Waals surface area (Å²) in [4.78, 5) is 20.4. The van der Waals surface area contributed by atoms with Crippen molar-refractivity contribution in [3.8, 4) is 0 Å². The van der Waals surface area contributed by atoms with Crippen LogP contribution in [-0.4, -0.2) is 74.4 Å². The lowest BCUT2D eigenvalue weighted by molar-refractivity contribution is -0.136. The second kappa shape index (κ2) is 9.48. The van der Waals surface area contributed by atoms with Gasteiger partial charge < -0.3 is 15.0 Å². The predicted molar refractivity (Wildman–Crippen MR) is 115 cm³/mol. The highest BCUT2D eigenvalue weighted by molar-refractivity contribution is 7.17. The fourth-order valence-corrected chi connectivity index (χ4v) is 5.41. The Hall–Kier alpha value is -1.98. The molecule has 0 aromatic carbocycles. The van der Waals surface area contributed by atoms with Crippen molar-refractivity contribution in [1.82, 2.24) is 15.2 Å². The van der Waals surface area contributed by atoms with E-state index in [0.717, 1.165) is 36.9 Å². The lowest BCUT2D eigenvalue weighted by atomic mass is 10.1. The molecule has 0 saturated carbocycles. The van der Waals surface area contributed by atoms with E-state index < -0.39 is 17.6 Å².